The molecule has 0 aromatic rings. The molecule has 1 aliphatic rings. The van der Waals surface area contributed by atoms with Crippen molar-refractivity contribution in [2.75, 3.05) is 6.54 Å². The van der Waals surface area contributed by atoms with Crippen LogP contribution in [-0.4, -0.2) is 48.4 Å². The van der Waals surface area contributed by atoms with Crippen molar-refractivity contribution < 1.29 is 14.4 Å². The monoisotopic (exact) mass is 281 g/mol. The molecule has 1 saturated heterocycles. The smallest absolute Gasteiger partial charge is 0.242 e. The molecule has 0 aromatic heterocycles. The van der Waals surface area contributed by atoms with Crippen molar-refractivity contribution in [3.63, 3.8) is 0 Å². The minimum Gasteiger partial charge on any atom is -0.282 e. The van der Waals surface area contributed by atoms with Gasteiger partial charge in [-0.05, 0) is 19.0 Å². The third kappa shape index (κ3) is 5.06. The van der Waals surface area contributed by atoms with Crippen molar-refractivity contribution in [1.82, 2.24) is 10.3 Å². The second-order valence-electron chi connectivity index (χ2n) is 4.23. The van der Waals surface area contributed by atoms with E-state index >= 15 is 0 Å². The van der Waals surface area contributed by atoms with Crippen LogP contribution >= 0.6 is 12.6 Å². The van der Waals surface area contributed by atoms with E-state index < -0.39 is 5.25 Å². The Morgan fingerprint density at radius 2 is 2.21 bits per heavy atom. The summed E-state index contributed by atoms with van der Waals surface area (Å²) in [6.07, 6.45) is 3.65. The first kappa shape index (κ1) is 15.8. The van der Waals surface area contributed by atoms with E-state index in [2.05, 4.69) is 23.2 Å². The van der Waals surface area contributed by atoms with Crippen molar-refractivity contribution in [2.24, 2.45) is 5.10 Å². The molecule has 1 atom stereocenters. The van der Waals surface area contributed by atoms with Crippen molar-refractivity contribution in [1.29, 1.82) is 0 Å². The topological polar surface area (TPSA) is 78.8 Å². The van der Waals surface area contributed by atoms with Crippen LogP contribution in [0, 0.1) is 0 Å². The Morgan fingerprint density at radius 1 is 1.47 bits per heavy atom. The van der Waals surface area contributed by atoms with E-state index in [1.54, 1.807) is 0 Å². The second-order valence-corrected chi connectivity index (χ2v) is 4.85. The molecule has 0 bridgehead atoms. The van der Waals surface area contributed by atoms with Crippen LogP contribution in [0.15, 0.2) is 5.10 Å². The van der Waals surface area contributed by atoms with Crippen LogP contribution in [0.4, 0.5) is 0 Å². The van der Waals surface area contributed by atoms with Crippen LogP contribution < -0.4 is 5.43 Å². The summed E-state index contributed by atoms with van der Waals surface area (Å²) in [6, 6.07) is 0. The van der Waals surface area contributed by atoms with Gasteiger partial charge in [-0.1, -0.05) is 6.42 Å². The van der Waals surface area contributed by atoms with E-state index in [0.29, 0.717) is 25.8 Å². The van der Waals surface area contributed by atoms with Gasteiger partial charge in [-0.3, -0.25) is 19.3 Å². The first-order valence-electron chi connectivity index (χ1n) is 6.10. The minimum absolute atomic E-state index is 0.167. The Balaban J connectivity index is 2.13. The summed E-state index contributed by atoms with van der Waals surface area (Å²) in [6.45, 7) is 0.400. The number of thiol groups is 1. The molecule has 102 valence electrons. The Labute approximate surface area is 118 Å². The molecular weight excluding hydrogens is 265 g/mol. The molecule has 1 N–H and O–H groups in total. The van der Waals surface area contributed by atoms with Crippen LogP contribution in [-0.2, 0) is 14.4 Å². The lowest BCUT2D eigenvalue weighted by Crippen LogP contribution is -2.31. The number of rotatable bonds is 7. The fourth-order valence-corrected chi connectivity index (χ4v) is 2.09. The Bertz CT molecular complexity index is 389. The summed E-state index contributed by atoms with van der Waals surface area (Å²) in [5, 5.41) is 2.92. The molecule has 0 aliphatic carbocycles. The van der Waals surface area contributed by atoms with Gasteiger partial charge in [0, 0.05) is 19.4 Å². The van der Waals surface area contributed by atoms with E-state index in [-0.39, 0.29) is 24.1 Å². The molecule has 0 aromatic carbocycles. The number of likely N-dealkylation sites (tertiary alicyclic amines) is 1. The predicted octanol–water partition coefficient (Wildman–Crippen LogP) is -0.168. The van der Waals surface area contributed by atoms with E-state index in [1.807, 2.05) is 0 Å². The lowest BCUT2D eigenvalue weighted by Gasteiger charge is -2.13. The maximum atomic E-state index is 11.5. The van der Waals surface area contributed by atoms with Crippen molar-refractivity contribution >= 4 is 44.3 Å². The largest absolute Gasteiger partial charge is 0.282 e. The predicted molar refractivity (Wildman–Crippen MR) is 75.0 cm³/mol. The first-order chi connectivity index (χ1) is 9.06. The number of unbranched alkanes of at least 4 members (excludes halogenated alkanes) is 2. The maximum Gasteiger partial charge on any atom is 0.242 e. The Hall–Kier alpha value is -1.31. The van der Waals surface area contributed by atoms with E-state index in [9.17, 15) is 14.4 Å². The molecule has 3 amide bonds. The zero-order valence-electron chi connectivity index (χ0n) is 10.5. The molecule has 1 unspecified atom stereocenters. The molecule has 6 nitrogen and oxygen atoms in total. The summed E-state index contributed by atoms with van der Waals surface area (Å²) in [4.78, 5) is 35.4. The van der Waals surface area contributed by atoms with Gasteiger partial charge in [0.15, 0.2) is 0 Å². The number of imide groups is 1. The van der Waals surface area contributed by atoms with Crippen molar-refractivity contribution in [3.05, 3.63) is 0 Å². The molecule has 8 heteroatoms. The van der Waals surface area contributed by atoms with Gasteiger partial charge in [0.1, 0.15) is 7.85 Å². The van der Waals surface area contributed by atoms with Crippen LogP contribution in [0.1, 0.15) is 32.1 Å². The summed E-state index contributed by atoms with van der Waals surface area (Å²) in [5.41, 5.74) is 2.26. The average Bonchev–Trinajstić information content (AvgIpc) is 2.62. The van der Waals surface area contributed by atoms with E-state index in [4.69, 9.17) is 7.85 Å². The molecule has 19 heavy (non-hydrogen) atoms. The molecule has 1 rings (SSSR count). The van der Waals surface area contributed by atoms with E-state index in [1.165, 1.54) is 4.90 Å². The number of hydrogen-bond acceptors (Lipinski definition) is 5. The molecule has 1 fully saturated rings. The number of carbonyl (C=O) groups excluding carboxylic acids is 3. The summed E-state index contributed by atoms with van der Waals surface area (Å²) in [5.74, 6) is -0.589. The average molecular weight is 281 g/mol. The number of nitrogens with zero attached hydrogens (tertiary/aromatic N) is 2. The number of hydrazone groups is 1. The third-order valence-electron chi connectivity index (χ3n) is 2.77. The maximum absolute atomic E-state index is 11.5. The van der Waals surface area contributed by atoms with Crippen LogP contribution in [0.3, 0.4) is 0 Å². The zero-order chi connectivity index (χ0) is 14.3. The van der Waals surface area contributed by atoms with Crippen molar-refractivity contribution in [2.45, 2.75) is 37.4 Å². The highest BCUT2D eigenvalue weighted by atomic mass is 32.1. The van der Waals surface area contributed by atoms with Gasteiger partial charge in [0.2, 0.25) is 17.7 Å². The summed E-state index contributed by atoms with van der Waals surface area (Å²) >= 11 is 4.04. The highest BCUT2D eigenvalue weighted by molar-refractivity contribution is 7.81. The summed E-state index contributed by atoms with van der Waals surface area (Å²) < 4.78 is 0. The fraction of sp³-hybridized carbons (Fsp3) is 0.636. The number of hydrogen-bond donors (Lipinski definition) is 2. The molecule has 0 spiro atoms. The van der Waals surface area contributed by atoms with Crippen LogP contribution in [0.25, 0.3) is 0 Å². The third-order valence-corrected chi connectivity index (χ3v) is 3.17. The lowest BCUT2D eigenvalue weighted by atomic mass is 10.2. The van der Waals surface area contributed by atoms with Gasteiger partial charge in [-0.15, -0.1) is 0 Å². The van der Waals surface area contributed by atoms with Gasteiger partial charge in [-0.2, -0.15) is 17.7 Å². The normalized spacial score (nSPS) is 19.4. The number of amides is 3. The standard InChI is InChI=1S/C11H16BN3O3S/c12-7-13-14-9(16)4-2-1-3-5-15-10(17)6-8(19)11(15)18/h7-8,19H,1-6H2,(H,14,16)/b13-7+. The first-order valence-corrected chi connectivity index (χ1v) is 6.62. The Kier molecular flexibility index (Phi) is 6.62. The number of nitrogens with one attached hydrogen (secondary N) is 1. The van der Waals surface area contributed by atoms with Gasteiger partial charge < -0.3 is 0 Å². The fourth-order valence-electron chi connectivity index (χ4n) is 1.80. The molecule has 0 saturated carbocycles. The second kappa shape index (κ2) is 7.98. The van der Waals surface area contributed by atoms with Gasteiger partial charge in [-0.25, -0.2) is 5.43 Å². The molecule has 2 radical (unpaired) electrons. The highest BCUT2D eigenvalue weighted by Crippen LogP contribution is 2.18. The van der Waals surface area contributed by atoms with Gasteiger partial charge in [0.25, 0.3) is 0 Å². The highest BCUT2D eigenvalue weighted by Gasteiger charge is 2.35. The summed E-state index contributed by atoms with van der Waals surface area (Å²) in [7, 11) is 4.98. The van der Waals surface area contributed by atoms with Crippen LogP contribution in [0.2, 0.25) is 0 Å². The SMILES string of the molecule is [B]/C=N/NC(=O)CCCCCN1C(=O)CC(S)C1=O. The Morgan fingerprint density at radius 3 is 2.79 bits per heavy atom. The van der Waals surface area contributed by atoms with Crippen molar-refractivity contribution in [3.8, 4) is 0 Å². The van der Waals surface area contributed by atoms with Gasteiger partial charge >= 0.3 is 0 Å². The lowest BCUT2D eigenvalue weighted by molar-refractivity contribution is -0.138. The van der Waals surface area contributed by atoms with E-state index in [0.717, 1.165) is 12.5 Å². The number of carbonyl (C=O) groups is 3. The van der Waals surface area contributed by atoms with Gasteiger partial charge in [0.05, 0.1) is 5.25 Å². The van der Waals surface area contributed by atoms with Crippen LogP contribution in [0.5, 0.6) is 0 Å². The molecule has 1 heterocycles. The molecular formula is C11H16BN3O3S. The zero-order valence-corrected chi connectivity index (χ0v) is 11.4. The minimum atomic E-state index is -0.493. The quantitative estimate of drug-likeness (QED) is 0.170. The molecule has 1 aliphatic heterocycles.